The molecule has 136 valence electrons. The van der Waals surface area contributed by atoms with Crippen molar-refractivity contribution in [3.8, 4) is 11.3 Å². The molecule has 2 heterocycles. The summed E-state index contributed by atoms with van der Waals surface area (Å²) in [4.78, 5) is 16.4. The third kappa shape index (κ3) is 2.81. The Balaban J connectivity index is 1.47. The number of H-pyrrole nitrogens is 1. The zero-order valence-corrected chi connectivity index (χ0v) is 15.1. The minimum absolute atomic E-state index is 0.191. The zero-order valence-electron chi connectivity index (χ0n) is 15.1. The van der Waals surface area contributed by atoms with E-state index in [2.05, 4.69) is 20.5 Å². The average Bonchev–Trinajstić information content (AvgIpc) is 3.11. The Morgan fingerprint density at radius 3 is 2.57 bits per heavy atom. The molecule has 0 radical (unpaired) electrons. The second-order valence-corrected chi connectivity index (χ2v) is 6.64. The van der Waals surface area contributed by atoms with E-state index in [1.165, 1.54) is 0 Å². The van der Waals surface area contributed by atoms with Crippen LogP contribution >= 0.6 is 0 Å². The molecule has 0 saturated heterocycles. The van der Waals surface area contributed by atoms with Crippen LogP contribution in [-0.2, 0) is 0 Å². The van der Waals surface area contributed by atoms with Crippen LogP contribution in [0.5, 0.6) is 0 Å². The van der Waals surface area contributed by atoms with Gasteiger partial charge in [-0.2, -0.15) is 10.1 Å². The van der Waals surface area contributed by atoms with Gasteiger partial charge in [0.1, 0.15) is 5.52 Å². The number of hydrogen-bond acceptors (Lipinski definition) is 5. The summed E-state index contributed by atoms with van der Waals surface area (Å²) >= 11 is 0. The van der Waals surface area contributed by atoms with Crippen molar-refractivity contribution < 1.29 is 4.42 Å². The Kier molecular flexibility index (Phi) is 3.69. The lowest BCUT2D eigenvalue weighted by Crippen LogP contribution is -2.09. The number of aromatic amines is 1. The van der Waals surface area contributed by atoms with Gasteiger partial charge in [-0.3, -0.25) is 4.79 Å². The number of rotatable bonds is 3. The molecule has 2 N–H and O–H groups in total. The van der Waals surface area contributed by atoms with Crippen LogP contribution in [0.4, 0.5) is 11.7 Å². The van der Waals surface area contributed by atoms with E-state index in [0.717, 1.165) is 39.0 Å². The van der Waals surface area contributed by atoms with Gasteiger partial charge in [-0.1, -0.05) is 36.4 Å². The fourth-order valence-electron chi connectivity index (χ4n) is 3.26. The van der Waals surface area contributed by atoms with Crippen molar-refractivity contribution in [3.63, 3.8) is 0 Å². The number of oxazole rings is 1. The minimum Gasteiger partial charge on any atom is -0.423 e. The Morgan fingerprint density at radius 2 is 1.75 bits per heavy atom. The van der Waals surface area contributed by atoms with Gasteiger partial charge >= 0.3 is 0 Å². The molecule has 6 heteroatoms. The average molecular weight is 368 g/mol. The van der Waals surface area contributed by atoms with Gasteiger partial charge in [0.25, 0.3) is 11.6 Å². The van der Waals surface area contributed by atoms with E-state index in [1.54, 1.807) is 6.07 Å². The molecule has 28 heavy (non-hydrogen) atoms. The van der Waals surface area contributed by atoms with Crippen LogP contribution in [0.1, 0.15) is 5.56 Å². The fraction of sp³-hybridized carbons (Fsp3) is 0.0455. The number of anilines is 2. The van der Waals surface area contributed by atoms with Gasteiger partial charge < -0.3 is 9.73 Å². The van der Waals surface area contributed by atoms with Crippen LogP contribution < -0.4 is 10.9 Å². The number of hydrogen-bond donors (Lipinski definition) is 2. The molecule has 0 aliphatic heterocycles. The quantitative estimate of drug-likeness (QED) is 0.479. The van der Waals surface area contributed by atoms with Crippen molar-refractivity contribution in [2.45, 2.75) is 6.92 Å². The molecule has 2 aromatic heterocycles. The molecule has 0 amide bonds. The molecule has 0 bridgehead atoms. The predicted molar refractivity (Wildman–Crippen MR) is 110 cm³/mol. The lowest BCUT2D eigenvalue weighted by molar-refractivity contribution is 0.623. The number of aromatic nitrogens is 3. The van der Waals surface area contributed by atoms with E-state index in [9.17, 15) is 4.79 Å². The van der Waals surface area contributed by atoms with Gasteiger partial charge in [0, 0.05) is 16.6 Å². The second kappa shape index (κ2) is 6.35. The SMILES string of the molecule is Cc1ccc2oc(Nc3ccc(-c4n[nH]c(=O)c5ccccc45)cc3)nc2c1. The summed E-state index contributed by atoms with van der Waals surface area (Å²) in [6.07, 6.45) is 0. The van der Waals surface area contributed by atoms with Crippen molar-refractivity contribution in [2.24, 2.45) is 0 Å². The van der Waals surface area contributed by atoms with Gasteiger partial charge in [-0.15, -0.1) is 0 Å². The summed E-state index contributed by atoms with van der Waals surface area (Å²) in [7, 11) is 0. The molecule has 0 atom stereocenters. The number of nitrogens with one attached hydrogen (secondary N) is 2. The molecule has 5 rings (SSSR count). The van der Waals surface area contributed by atoms with Crippen LogP contribution in [0.15, 0.2) is 75.9 Å². The fourth-order valence-corrected chi connectivity index (χ4v) is 3.26. The van der Waals surface area contributed by atoms with Crippen molar-refractivity contribution >= 4 is 33.6 Å². The van der Waals surface area contributed by atoms with E-state index in [4.69, 9.17) is 4.42 Å². The summed E-state index contributed by atoms with van der Waals surface area (Å²) < 4.78 is 5.74. The molecule has 0 unspecified atom stereocenters. The van der Waals surface area contributed by atoms with E-state index in [1.807, 2.05) is 67.6 Å². The lowest BCUT2D eigenvalue weighted by Gasteiger charge is -2.06. The molecular formula is C22H16N4O2. The molecule has 6 nitrogen and oxygen atoms in total. The topological polar surface area (TPSA) is 83.8 Å². The number of fused-ring (bicyclic) bond motifs is 2. The van der Waals surface area contributed by atoms with Crippen LogP contribution in [0.3, 0.4) is 0 Å². The second-order valence-electron chi connectivity index (χ2n) is 6.64. The number of benzene rings is 3. The lowest BCUT2D eigenvalue weighted by atomic mass is 10.0. The Bertz CT molecular complexity index is 1370. The van der Waals surface area contributed by atoms with Crippen molar-refractivity contribution in [1.29, 1.82) is 0 Å². The summed E-state index contributed by atoms with van der Waals surface area (Å²) in [5.74, 6) is 0. The van der Waals surface area contributed by atoms with Gasteiger partial charge in [0.15, 0.2) is 5.58 Å². The third-order valence-corrected chi connectivity index (χ3v) is 4.65. The highest BCUT2D eigenvalue weighted by Gasteiger charge is 2.09. The van der Waals surface area contributed by atoms with E-state index < -0.39 is 0 Å². The van der Waals surface area contributed by atoms with Gasteiger partial charge in [0.05, 0.1) is 11.1 Å². The highest BCUT2D eigenvalue weighted by atomic mass is 16.4. The zero-order chi connectivity index (χ0) is 19.1. The summed E-state index contributed by atoms with van der Waals surface area (Å²) in [6, 6.07) is 21.5. The van der Waals surface area contributed by atoms with Crippen LogP contribution in [0, 0.1) is 6.92 Å². The summed E-state index contributed by atoms with van der Waals surface area (Å²) in [6.45, 7) is 2.02. The van der Waals surface area contributed by atoms with E-state index >= 15 is 0 Å². The Morgan fingerprint density at radius 1 is 0.964 bits per heavy atom. The first-order chi connectivity index (χ1) is 13.7. The van der Waals surface area contributed by atoms with Crippen molar-refractivity contribution in [2.75, 3.05) is 5.32 Å². The molecule has 0 aliphatic carbocycles. The predicted octanol–water partition coefficient (Wildman–Crippen LogP) is 4.78. The molecule has 0 aliphatic rings. The van der Waals surface area contributed by atoms with E-state index in [0.29, 0.717) is 11.4 Å². The molecule has 5 aromatic rings. The maximum atomic E-state index is 12.0. The van der Waals surface area contributed by atoms with Crippen LogP contribution in [0.25, 0.3) is 33.1 Å². The van der Waals surface area contributed by atoms with Gasteiger partial charge in [-0.05, 0) is 42.8 Å². The molecule has 0 saturated carbocycles. The summed E-state index contributed by atoms with van der Waals surface area (Å²) in [5, 5.41) is 11.4. The number of nitrogens with zero attached hydrogens (tertiary/aromatic N) is 2. The first-order valence-corrected chi connectivity index (χ1v) is 8.89. The molecule has 0 fully saturated rings. The largest absolute Gasteiger partial charge is 0.423 e. The van der Waals surface area contributed by atoms with Gasteiger partial charge in [-0.25, -0.2) is 5.10 Å². The van der Waals surface area contributed by atoms with Crippen molar-refractivity contribution in [1.82, 2.24) is 15.2 Å². The summed E-state index contributed by atoms with van der Waals surface area (Å²) in [5.41, 5.74) is 5.00. The Hall–Kier alpha value is -3.93. The van der Waals surface area contributed by atoms with Crippen molar-refractivity contribution in [3.05, 3.63) is 82.6 Å². The molecule has 0 spiro atoms. The maximum absolute atomic E-state index is 12.0. The highest BCUT2D eigenvalue weighted by molar-refractivity contribution is 5.93. The number of aryl methyl sites for hydroxylation is 1. The first kappa shape index (κ1) is 16.3. The standard InChI is InChI=1S/C22H16N4O2/c1-13-6-11-19-18(12-13)24-22(28-19)23-15-9-7-14(8-10-15)20-16-4-2-3-5-17(16)21(27)26-25-20/h2-12H,1H3,(H,23,24)(H,26,27). The third-order valence-electron chi connectivity index (χ3n) is 4.65. The minimum atomic E-state index is -0.191. The highest BCUT2D eigenvalue weighted by Crippen LogP contribution is 2.27. The molecular weight excluding hydrogens is 352 g/mol. The smallest absolute Gasteiger partial charge is 0.300 e. The maximum Gasteiger partial charge on any atom is 0.300 e. The monoisotopic (exact) mass is 368 g/mol. The molecule has 3 aromatic carbocycles. The van der Waals surface area contributed by atoms with Crippen LogP contribution in [0.2, 0.25) is 0 Å². The first-order valence-electron chi connectivity index (χ1n) is 8.89. The van der Waals surface area contributed by atoms with Gasteiger partial charge in [0.2, 0.25) is 0 Å². The Labute approximate surface area is 159 Å². The normalized spacial score (nSPS) is 11.2. The van der Waals surface area contributed by atoms with E-state index in [-0.39, 0.29) is 5.56 Å². The van der Waals surface area contributed by atoms with Crippen LogP contribution in [-0.4, -0.2) is 15.2 Å².